The summed E-state index contributed by atoms with van der Waals surface area (Å²) < 4.78 is 34.4. The third-order valence-electron chi connectivity index (χ3n) is 9.47. The van der Waals surface area contributed by atoms with E-state index in [0.29, 0.717) is 11.3 Å². The molecule has 5 rings (SSSR count). The molecule has 13 unspecified atom stereocenters. The van der Waals surface area contributed by atoms with E-state index in [0.717, 1.165) is 0 Å². The average molecular weight is 836 g/mol. The van der Waals surface area contributed by atoms with Gasteiger partial charge in [0.15, 0.2) is 12.2 Å². The molecule has 0 saturated carbocycles. The van der Waals surface area contributed by atoms with E-state index in [2.05, 4.69) is 36.9 Å². The number of carbonyl (C=O) groups is 5. The maximum absolute atomic E-state index is 13.4. The SMILES string of the molecule is CC1OC(Oc2ccc(/C=C/C(=O)NCCC(=N)N)cc2)C(N=C(N)N)C(O)C1NC(=O)NC1OCC(OC2COC3OC(=O)NC3C2NC(N)=O)C(O)C1NC(N)=O. The lowest BCUT2D eigenvalue weighted by atomic mass is 9.95. The number of hydrogen-bond donors (Lipinski definition) is 14. The second-order valence-electron chi connectivity index (χ2n) is 13.8. The van der Waals surface area contributed by atoms with E-state index in [9.17, 15) is 34.2 Å². The minimum atomic E-state index is -1.58. The summed E-state index contributed by atoms with van der Waals surface area (Å²) in [5.41, 5.74) is 28.0. The number of nitrogens with zero attached hydrogens (tertiary/aromatic N) is 1. The van der Waals surface area contributed by atoms with Gasteiger partial charge in [0.05, 0.1) is 37.2 Å². The number of fused-ring (bicyclic) bond motifs is 1. The Bertz CT molecular complexity index is 1770. The standard InChI is InChI=1S/C33H49N13O13/c1-12-19(25(49)23(41-29(36)37)28(56-12)57-14-5-2-13(3-6-14)4-7-18(47)40-9-8-17(34)35)44-32(52)46-26-22(43-31(39)51)24(48)16(11-54-26)58-15-10-55-27-21(45-33(53)59-27)20(15)42-30(38)50/h2-7,12,15-16,19-28,48-49H,8-11H2,1H3,(H3,34,35)(H,40,47)(H,45,53)(H4,36,37,41)(H3,38,42,50)(H3,39,43,51)(H2,44,46,52)/b7-4+. The predicted molar refractivity (Wildman–Crippen MR) is 202 cm³/mol. The van der Waals surface area contributed by atoms with Gasteiger partial charge >= 0.3 is 24.2 Å². The number of amidine groups is 1. The maximum Gasteiger partial charge on any atom is 0.410 e. The van der Waals surface area contributed by atoms with Crippen molar-refractivity contribution < 1.29 is 62.6 Å². The number of rotatable bonds is 14. The van der Waals surface area contributed by atoms with E-state index in [4.69, 9.17) is 62.5 Å². The lowest BCUT2D eigenvalue weighted by Gasteiger charge is -2.44. The van der Waals surface area contributed by atoms with Crippen LogP contribution in [0.2, 0.25) is 0 Å². The number of alkyl carbamates (subject to hydrolysis) is 1. The van der Waals surface area contributed by atoms with Gasteiger partial charge in [-0.05, 0) is 30.7 Å². The Morgan fingerprint density at radius 3 is 2.27 bits per heavy atom. The fourth-order valence-corrected chi connectivity index (χ4v) is 6.72. The molecule has 0 aliphatic carbocycles. The summed E-state index contributed by atoms with van der Waals surface area (Å²) in [6.45, 7) is 1.19. The normalized spacial score (nSPS) is 32.6. The van der Waals surface area contributed by atoms with E-state index < -0.39 is 110 Å². The van der Waals surface area contributed by atoms with Gasteiger partial charge in [0, 0.05) is 19.0 Å². The molecule has 0 radical (unpaired) electrons. The zero-order valence-corrected chi connectivity index (χ0v) is 31.5. The number of primary amides is 2. The number of amides is 8. The second kappa shape index (κ2) is 19.5. The lowest BCUT2D eigenvalue weighted by molar-refractivity contribution is -0.221. The molecule has 59 heavy (non-hydrogen) atoms. The number of nitrogens with one attached hydrogen (secondary N) is 7. The molecule has 13 atom stereocenters. The monoisotopic (exact) mass is 835 g/mol. The number of hydrogen-bond acceptors (Lipinski definition) is 15. The van der Waals surface area contributed by atoms with Crippen molar-refractivity contribution in [3.05, 3.63) is 35.9 Å². The molecule has 4 fully saturated rings. The van der Waals surface area contributed by atoms with Crippen LogP contribution in [-0.2, 0) is 28.5 Å². The predicted octanol–water partition coefficient (Wildman–Crippen LogP) is -5.05. The van der Waals surface area contributed by atoms with Gasteiger partial charge < -0.3 is 99.2 Å². The van der Waals surface area contributed by atoms with E-state index >= 15 is 0 Å². The largest absolute Gasteiger partial charge is 0.462 e. The fourth-order valence-electron chi connectivity index (χ4n) is 6.72. The molecule has 0 bridgehead atoms. The number of ether oxygens (including phenoxy) is 6. The third-order valence-corrected chi connectivity index (χ3v) is 9.47. The first kappa shape index (κ1) is 43.9. The Morgan fingerprint density at radius 2 is 1.61 bits per heavy atom. The Morgan fingerprint density at radius 1 is 0.932 bits per heavy atom. The highest BCUT2D eigenvalue weighted by Gasteiger charge is 2.51. The number of urea groups is 3. The fraction of sp³-hybridized carbons (Fsp3) is 0.545. The summed E-state index contributed by atoms with van der Waals surface area (Å²) in [5.74, 6) is -0.533. The van der Waals surface area contributed by atoms with Crippen molar-refractivity contribution in [1.82, 2.24) is 31.9 Å². The quantitative estimate of drug-likeness (QED) is 0.0474. The molecular weight excluding hydrogens is 786 g/mol. The van der Waals surface area contributed by atoms with Crippen molar-refractivity contribution in [3.63, 3.8) is 0 Å². The highest BCUT2D eigenvalue weighted by Crippen LogP contribution is 2.29. The molecule has 324 valence electrons. The van der Waals surface area contributed by atoms with Crippen molar-refractivity contribution in [3.8, 4) is 5.75 Å². The van der Waals surface area contributed by atoms with Crippen LogP contribution >= 0.6 is 0 Å². The van der Waals surface area contributed by atoms with Crippen LogP contribution in [-0.4, -0.2) is 151 Å². The minimum absolute atomic E-state index is 0.0425. The average Bonchev–Trinajstić information content (AvgIpc) is 3.55. The molecule has 4 heterocycles. The Labute approximate surface area is 335 Å². The maximum atomic E-state index is 13.4. The summed E-state index contributed by atoms with van der Waals surface area (Å²) in [6, 6.07) is -2.15. The lowest BCUT2D eigenvalue weighted by Crippen LogP contribution is -2.70. The van der Waals surface area contributed by atoms with Crippen LogP contribution in [0, 0.1) is 5.41 Å². The number of aliphatic imine (C=N–C) groups is 1. The first-order valence-corrected chi connectivity index (χ1v) is 18.2. The van der Waals surface area contributed by atoms with Crippen molar-refractivity contribution in [1.29, 1.82) is 5.41 Å². The van der Waals surface area contributed by atoms with E-state index in [1.807, 2.05) is 0 Å². The molecular formula is C33H49N13O13. The van der Waals surface area contributed by atoms with E-state index in [-0.39, 0.29) is 37.9 Å². The molecule has 19 N–H and O–H groups in total. The molecule has 1 aromatic rings. The van der Waals surface area contributed by atoms with E-state index in [1.54, 1.807) is 37.3 Å². The van der Waals surface area contributed by atoms with Gasteiger partial charge in [-0.15, -0.1) is 0 Å². The molecule has 4 aliphatic heterocycles. The number of aliphatic hydroxyl groups is 2. The number of carbonyl (C=O) groups excluding carboxylic acids is 5. The summed E-state index contributed by atoms with van der Waals surface area (Å²) in [4.78, 5) is 65.1. The summed E-state index contributed by atoms with van der Waals surface area (Å²) in [7, 11) is 0. The molecule has 4 saturated heterocycles. The van der Waals surface area contributed by atoms with Crippen LogP contribution in [0.25, 0.3) is 6.08 Å². The van der Waals surface area contributed by atoms with Gasteiger partial charge in [0.1, 0.15) is 48.3 Å². The molecule has 1 aromatic carbocycles. The minimum Gasteiger partial charge on any atom is -0.462 e. The molecule has 8 amide bonds. The molecule has 4 aliphatic rings. The van der Waals surface area contributed by atoms with Gasteiger partial charge in [-0.2, -0.15) is 0 Å². The Hall–Kier alpha value is -6.19. The molecule has 0 aromatic heterocycles. The number of benzene rings is 1. The smallest absolute Gasteiger partial charge is 0.410 e. The van der Waals surface area contributed by atoms with Gasteiger partial charge in [0.25, 0.3) is 0 Å². The van der Waals surface area contributed by atoms with Crippen LogP contribution in [0.5, 0.6) is 5.75 Å². The van der Waals surface area contributed by atoms with Crippen molar-refractivity contribution in [2.24, 2.45) is 33.7 Å². The number of nitrogens with two attached hydrogens (primary N) is 5. The van der Waals surface area contributed by atoms with Crippen LogP contribution in [0.1, 0.15) is 18.9 Å². The van der Waals surface area contributed by atoms with Gasteiger partial charge in [-0.1, -0.05) is 12.1 Å². The number of guanidine groups is 1. The van der Waals surface area contributed by atoms with Gasteiger partial charge in [-0.3, -0.25) is 10.2 Å². The highest BCUT2D eigenvalue weighted by atomic mass is 16.7. The van der Waals surface area contributed by atoms with Crippen molar-refractivity contribution in [2.45, 2.75) is 92.9 Å². The third kappa shape index (κ3) is 11.7. The molecule has 0 spiro atoms. The first-order valence-electron chi connectivity index (χ1n) is 18.2. The molecule has 26 nitrogen and oxygen atoms in total. The molecule has 26 heteroatoms. The van der Waals surface area contributed by atoms with Gasteiger partial charge in [0.2, 0.25) is 18.5 Å². The summed E-state index contributed by atoms with van der Waals surface area (Å²) >= 11 is 0. The highest BCUT2D eigenvalue weighted by molar-refractivity contribution is 5.92. The summed E-state index contributed by atoms with van der Waals surface area (Å²) in [5, 5.41) is 45.0. The zero-order chi connectivity index (χ0) is 43.0. The van der Waals surface area contributed by atoms with Crippen LogP contribution in [0.15, 0.2) is 35.3 Å². The Kier molecular flexibility index (Phi) is 14.5. The first-order chi connectivity index (χ1) is 28.0. The van der Waals surface area contributed by atoms with Crippen LogP contribution < -0.4 is 65.3 Å². The van der Waals surface area contributed by atoms with Crippen molar-refractivity contribution in [2.75, 3.05) is 19.8 Å². The number of aliphatic hydroxyl groups excluding tert-OH is 2. The van der Waals surface area contributed by atoms with Crippen molar-refractivity contribution >= 4 is 48.0 Å². The van der Waals surface area contributed by atoms with Crippen LogP contribution in [0.4, 0.5) is 19.2 Å². The van der Waals surface area contributed by atoms with Gasteiger partial charge in [-0.25, -0.2) is 24.2 Å². The summed E-state index contributed by atoms with van der Waals surface area (Å²) in [6.07, 6.45) is -7.60. The Balaban J connectivity index is 1.20. The zero-order valence-electron chi connectivity index (χ0n) is 31.5. The van der Waals surface area contributed by atoms with E-state index in [1.165, 1.54) is 6.08 Å². The topological polar surface area (TPSA) is 420 Å². The second-order valence-corrected chi connectivity index (χ2v) is 13.8. The van der Waals surface area contributed by atoms with Crippen LogP contribution in [0.3, 0.4) is 0 Å².